The van der Waals surface area contributed by atoms with Crippen molar-refractivity contribution in [3.8, 4) is 0 Å². The summed E-state index contributed by atoms with van der Waals surface area (Å²) in [6.45, 7) is 8.32. The molecular formula is C15H18N2O2. The summed E-state index contributed by atoms with van der Waals surface area (Å²) in [5.41, 5.74) is 3.34. The minimum absolute atomic E-state index is 0.0780. The quantitative estimate of drug-likeness (QED) is 0.657. The number of hydrogen-bond acceptors (Lipinski definition) is 2. The lowest BCUT2D eigenvalue weighted by Crippen LogP contribution is -2.49. The summed E-state index contributed by atoms with van der Waals surface area (Å²) in [5.74, 6) is 0.0780. The summed E-state index contributed by atoms with van der Waals surface area (Å²) in [6, 6.07) is 0. The number of nitrogens with zero attached hydrogens (tertiary/aromatic N) is 2. The third kappa shape index (κ3) is 1.24. The Labute approximate surface area is 111 Å². The summed E-state index contributed by atoms with van der Waals surface area (Å²) < 4.78 is 2.80. The molecule has 0 unspecified atom stereocenters. The molecule has 1 aromatic heterocycles. The van der Waals surface area contributed by atoms with Crippen molar-refractivity contribution in [2.75, 3.05) is 0 Å². The van der Waals surface area contributed by atoms with E-state index in [0.717, 1.165) is 16.8 Å². The van der Waals surface area contributed by atoms with Crippen LogP contribution in [0.2, 0.25) is 0 Å². The highest BCUT2D eigenvalue weighted by Gasteiger charge is 2.49. The Morgan fingerprint density at radius 1 is 1.32 bits per heavy atom. The smallest absolute Gasteiger partial charge is 0.300 e. The van der Waals surface area contributed by atoms with Gasteiger partial charge in [0.05, 0.1) is 0 Å². The van der Waals surface area contributed by atoms with Crippen LogP contribution in [0.1, 0.15) is 31.0 Å². The van der Waals surface area contributed by atoms with Crippen LogP contribution in [0.5, 0.6) is 0 Å². The van der Waals surface area contributed by atoms with Crippen molar-refractivity contribution < 1.29 is 0 Å². The van der Waals surface area contributed by atoms with Crippen LogP contribution >= 0.6 is 0 Å². The third-order valence-corrected chi connectivity index (χ3v) is 4.84. The molecule has 0 aromatic carbocycles. The molecule has 100 valence electrons. The molecule has 2 atom stereocenters. The summed E-state index contributed by atoms with van der Waals surface area (Å²) in [7, 11) is 3.28. The first-order chi connectivity index (χ1) is 8.79. The van der Waals surface area contributed by atoms with Crippen LogP contribution < -0.4 is 11.2 Å². The fourth-order valence-electron chi connectivity index (χ4n) is 3.66. The van der Waals surface area contributed by atoms with Crippen molar-refractivity contribution in [2.24, 2.45) is 19.5 Å². The predicted octanol–water partition coefficient (Wildman–Crippen LogP) is 1.25. The fourth-order valence-corrected chi connectivity index (χ4v) is 3.66. The maximum Gasteiger partial charge on any atom is 0.330 e. The first kappa shape index (κ1) is 12.2. The van der Waals surface area contributed by atoms with Crippen LogP contribution in [-0.2, 0) is 20.5 Å². The van der Waals surface area contributed by atoms with E-state index in [4.69, 9.17) is 0 Å². The van der Waals surface area contributed by atoms with E-state index in [1.54, 1.807) is 18.7 Å². The normalized spacial score (nSPS) is 28.3. The van der Waals surface area contributed by atoms with Gasteiger partial charge in [0.25, 0.3) is 5.56 Å². The zero-order valence-corrected chi connectivity index (χ0v) is 11.8. The van der Waals surface area contributed by atoms with Gasteiger partial charge < -0.3 is 0 Å². The molecule has 0 aliphatic heterocycles. The monoisotopic (exact) mass is 258 g/mol. The summed E-state index contributed by atoms with van der Waals surface area (Å²) >= 11 is 0. The van der Waals surface area contributed by atoms with E-state index in [1.807, 2.05) is 6.92 Å². The zero-order valence-electron chi connectivity index (χ0n) is 11.8. The Morgan fingerprint density at radius 3 is 2.53 bits per heavy atom. The molecule has 0 saturated heterocycles. The number of allylic oxidation sites excluding steroid dienone is 3. The Bertz CT molecular complexity index is 764. The van der Waals surface area contributed by atoms with Gasteiger partial charge in [0.1, 0.15) is 0 Å². The Morgan fingerprint density at radius 2 is 1.95 bits per heavy atom. The van der Waals surface area contributed by atoms with Gasteiger partial charge >= 0.3 is 5.69 Å². The summed E-state index contributed by atoms with van der Waals surface area (Å²) in [6.07, 6.45) is 2.79. The second kappa shape index (κ2) is 3.38. The van der Waals surface area contributed by atoms with Gasteiger partial charge in [0.2, 0.25) is 0 Å². The highest BCUT2D eigenvalue weighted by atomic mass is 16.2. The van der Waals surface area contributed by atoms with Crippen LogP contribution in [-0.4, -0.2) is 9.13 Å². The van der Waals surface area contributed by atoms with Gasteiger partial charge in [0, 0.05) is 43.1 Å². The molecule has 1 aromatic rings. The second-order valence-electron chi connectivity index (χ2n) is 5.95. The lowest BCUT2D eigenvalue weighted by Gasteiger charge is -2.50. The average Bonchev–Trinajstić information content (AvgIpc) is 2.35. The van der Waals surface area contributed by atoms with Crippen LogP contribution in [0, 0.1) is 5.41 Å². The third-order valence-electron chi connectivity index (χ3n) is 4.84. The van der Waals surface area contributed by atoms with Crippen molar-refractivity contribution in [3.63, 3.8) is 0 Å². The standard InChI is InChI=1S/C15H18N2O2/c1-8-7-15(3)9(2)6-10-11(12(8)15)13(18)17(5)14(19)16(10)4/h7,12H,2,6H2,1,3-5H3/t12-,15+/m1/s1. The van der Waals surface area contributed by atoms with Crippen molar-refractivity contribution in [2.45, 2.75) is 26.2 Å². The minimum atomic E-state index is -0.263. The maximum absolute atomic E-state index is 12.5. The van der Waals surface area contributed by atoms with Gasteiger partial charge in [-0.25, -0.2) is 4.79 Å². The van der Waals surface area contributed by atoms with Crippen molar-refractivity contribution in [3.05, 3.63) is 55.9 Å². The highest BCUT2D eigenvalue weighted by Crippen LogP contribution is 2.58. The molecule has 0 saturated carbocycles. The predicted molar refractivity (Wildman–Crippen MR) is 74.4 cm³/mol. The molecule has 0 N–H and O–H groups in total. The molecule has 0 fully saturated rings. The Kier molecular flexibility index (Phi) is 2.17. The van der Waals surface area contributed by atoms with E-state index in [-0.39, 0.29) is 22.6 Å². The maximum atomic E-state index is 12.5. The SMILES string of the molecule is C=C1Cc2c(c(=O)n(C)c(=O)n2C)[C@H]2C(C)=C[C@@]12C. The van der Waals surface area contributed by atoms with Crippen LogP contribution in [0.3, 0.4) is 0 Å². The van der Waals surface area contributed by atoms with E-state index in [0.29, 0.717) is 6.42 Å². The van der Waals surface area contributed by atoms with Crippen molar-refractivity contribution >= 4 is 0 Å². The first-order valence-corrected chi connectivity index (χ1v) is 6.45. The molecule has 0 amide bonds. The van der Waals surface area contributed by atoms with Crippen LogP contribution in [0.25, 0.3) is 0 Å². The number of hydrogen-bond donors (Lipinski definition) is 0. The van der Waals surface area contributed by atoms with Gasteiger partial charge in [-0.3, -0.25) is 13.9 Å². The molecule has 0 spiro atoms. The molecule has 19 heavy (non-hydrogen) atoms. The fraction of sp³-hybridized carbons (Fsp3) is 0.467. The number of rotatable bonds is 0. The Balaban J connectivity index is 2.43. The largest absolute Gasteiger partial charge is 0.330 e. The van der Waals surface area contributed by atoms with Crippen LogP contribution in [0.4, 0.5) is 0 Å². The molecular weight excluding hydrogens is 240 g/mol. The lowest BCUT2D eigenvalue weighted by atomic mass is 9.54. The van der Waals surface area contributed by atoms with E-state index >= 15 is 0 Å². The molecule has 4 heteroatoms. The van der Waals surface area contributed by atoms with Crippen molar-refractivity contribution in [1.82, 2.24) is 9.13 Å². The molecule has 0 bridgehead atoms. The van der Waals surface area contributed by atoms with Gasteiger partial charge in [-0.05, 0) is 6.92 Å². The van der Waals surface area contributed by atoms with E-state index in [2.05, 4.69) is 19.6 Å². The summed E-state index contributed by atoms with van der Waals surface area (Å²) in [5, 5.41) is 0. The zero-order chi connectivity index (χ0) is 14.1. The molecule has 3 rings (SSSR count). The van der Waals surface area contributed by atoms with Gasteiger partial charge in [-0.1, -0.05) is 30.7 Å². The van der Waals surface area contributed by atoms with Gasteiger partial charge in [-0.2, -0.15) is 0 Å². The summed E-state index contributed by atoms with van der Waals surface area (Å²) in [4.78, 5) is 24.5. The lowest BCUT2D eigenvalue weighted by molar-refractivity contribution is 0.347. The molecule has 2 aliphatic rings. The molecule has 2 aliphatic carbocycles. The van der Waals surface area contributed by atoms with E-state index < -0.39 is 0 Å². The van der Waals surface area contributed by atoms with Gasteiger partial charge in [-0.15, -0.1) is 0 Å². The van der Waals surface area contributed by atoms with E-state index in [9.17, 15) is 9.59 Å². The Hall–Kier alpha value is -1.84. The number of fused-ring (bicyclic) bond motifs is 3. The topological polar surface area (TPSA) is 44.0 Å². The molecule has 0 radical (unpaired) electrons. The highest BCUT2D eigenvalue weighted by molar-refractivity contribution is 5.52. The van der Waals surface area contributed by atoms with E-state index in [1.165, 1.54) is 10.1 Å². The van der Waals surface area contributed by atoms with Crippen molar-refractivity contribution in [1.29, 1.82) is 0 Å². The minimum Gasteiger partial charge on any atom is -0.300 e. The molecule has 4 nitrogen and oxygen atoms in total. The van der Waals surface area contributed by atoms with Gasteiger partial charge in [0.15, 0.2) is 0 Å². The second-order valence-corrected chi connectivity index (χ2v) is 5.95. The molecule has 1 heterocycles. The van der Waals surface area contributed by atoms with Crippen LogP contribution in [0.15, 0.2) is 33.4 Å². The average molecular weight is 258 g/mol. The first-order valence-electron chi connectivity index (χ1n) is 6.45. The number of aromatic nitrogens is 2.